The molecule has 2 N–H and O–H groups in total. The number of aryl methyl sites for hydroxylation is 1. The van der Waals surface area contributed by atoms with Crippen molar-refractivity contribution >= 4 is 23.2 Å². The molecule has 2 amide bonds. The molecule has 0 atom stereocenters. The first kappa shape index (κ1) is 18.5. The zero-order valence-electron chi connectivity index (χ0n) is 14.9. The highest BCUT2D eigenvalue weighted by Crippen LogP contribution is 2.28. The average Bonchev–Trinajstić information content (AvgIpc) is 3.05. The molecule has 2 aromatic rings. The maximum atomic E-state index is 12.4. The van der Waals surface area contributed by atoms with Gasteiger partial charge >= 0.3 is 0 Å². The maximum absolute atomic E-state index is 12.4. The average molecular weight is 345 g/mol. The van der Waals surface area contributed by atoms with Crippen LogP contribution in [0.3, 0.4) is 0 Å². The van der Waals surface area contributed by atoms with Gasteiger partial charge in [-0.15, -0.1) is 0 Å². The predicted octanol–water partition coefficient (Wildman–Crippen LogP) is 3.48. The van der Waals surface area contributed by atoms with E-state index in [0.717, 1.165) is 12.8 Å². The lowest BCUT2D eigenvalue weighted by molar-refractivity contribution is -0.118. The summed E-state index contributed by atoms with van der Waals surface area (Å²) in [6, 6.07) is 6.65. The fraction of sp³-hybridized carbons (Fsp3) is 0.389. The van der Waals surface area contributed by atoms with Crippen molar-refractivity contribution in [2.75, 3.05) is 17.7 Å². The summed E-state index contributed by atoms with van der Waals surface area (Å²) in [5, 5.41) is 9.32. The second kappa shape index (κ2) is 8.32. The third-order valence-electron chi connectivity index (χ3n) is 3.55. The molecule has 2 rings (SSSR count). The third kappa shape index (κ3) is 4.82. The van der Waals surface area contributed by atoms with Crippen LogP contribution in [0.2, 0.25) is 0 Å². The van der Waals surface area contributed by atoms with Gasteiger partial charge in [0.15, 0.2) is 5.69 Å². The molecule has 7 heteroatoms. The molecule has 0 radical (unpaired) electrons. The standard InChI is InChI=1S/C18H23N3O4/c1-5-6-13-10-16(21-25-13)18(23)20-15-9-12(24-4)7-8-14(15)19-17(22)11(2)3/h7-11H,5-6H2,1-4H3,(H,19,22)(H,20,23). The SMILES string of the molecule is CCCc1cc(C(=O)Nc2cc(OC)ccc2NC(=O)C(C)C)no1. The van der Waals surface area contributed by atoms with Crippen LogP contribution in [0.5, 0.6) is 5.75 Å². The normalized spacial score (nSPS) is 10.6. The quantitative estimate of drug-likeness (QED) is 0.801. The molecule has 0 aliphatic carbocycles. The second-order valence-electron chi connectivity index (χ2n) is 5.94. The minimum atomic E-state index is -0.417. The summed E-state index contributed by atoms with van der Waals surface area (Å²) in [6.45, 7) is 5.60. The van der Waals surface area contributed by atoms with Crippen molar-refractivity contribution in [2.24, 2.45) is 5.92 Å². The Balaban J connectivity index is 2.22. The molecule has 134 valence electrons. The van der Waals surface area contributed by atoms with Crippen LogP contribution in [-0.4, -0.2) is 24.1 Å². The number of nitrogens with zero attached hydrogens (tertiary/aromatic N) is 1. The van der Waals surface area contributed by atoms with Gasteiger partial charge in [0.1, 0.15) is 11.5 Å². The number of benzene rings is 1. The minimum absolute atomic E-state index is 0.146. The highest BCUT2D eigenvalue weighted by atomic mass is 16.5. The molecule has 1 aromatic heterocycles. The summed E-state index contributed by atoms with van der Waals surface area (Å²) in [5.74, 6) is 0.473. The lowest BCUT2D eigenvalue weighted by Crippen LogP contribution is -2.20. The lowest BCUT2D eigenvalue weighted by Gasteiger charge is -2.14. The summed E-state index contributed by atoms with van der Waals surface area (Å²) in [5.41, 5.74) is 1.11. The Morgan fingerprint density at radius 2 is 1.96 bits per heavy atom. The van der Waals surface area contributed by atoms with Crippen molar-refractivity contribution in [3.8, 4) is 5.75 Å². The Morgan fingerprint density at radius 1 is 1.20 bits per heavy atom. The summed E-state index contributed by atoms with van der Waals surface area (Å²) in [7, 11) is 1.53. The predicted molar refractivity (Wildman–Crippen MR) is 94.9 cm³/mol. The highest BCUT2D eigenvalue weighted by Gasteiger charge is 2.16. The van der Waals surface area contributed by atoms with Gasteiger partial charge in [0.25, 0.3) is 5.91 Å². The molecule has 0 spiro atoms. The van der Waals surface area contributed by atoms with E-state index in [0.29, 0.717) is 22.9 Å². The van der Waals surface area contributed by atoms with Gasteiger partial charge < -0.3 is 19.9 Å². The molecule has 0 saturated carbocycles. The first-order valence-corrected chi connectivity index (χ1v) is 8.20. The van der Waals surface area contributed by atoms with E-state index in [2.05, 4.69) is 15.8 Å². The Kier molecular flexibility index (Phi) is 6.16. The number of amides is 2. The molecule has 0 aliphatic heterocycles. The van der Waals surface area contributed by atoms with Gasteiger partial charge in [-0.1, -0.05) is 25.9 Å². The van der Waals surface area contributed by atoms with Crippen molar-refractivity contribution in [2.45, 2.75) is 33.6 Å². The van der Waals surface area contributed by atoms with Gasteiger partial charge in [-0.2, -0.15) is 0 Å². The fourth-order valence-corrected chi connectivity index (χ4v) is 2.11. The van der Waals surface area contributed by atoms with Gasteiger partial charge in [-0.05, 0) is 18.6 Å². The number of aromatic nitrogens is 1. The van der Waals surface area contributed by atoms with Crippen LogP contribution >= 0.6 is 0 Å². The van der Waals surface area contributed by atoms with Crippen LogP contribution in [0.25, 0.3) is 0 Å². The van der Waals surface area contributed by atoms with Gasteiger partial charge in [-0.3, -0.25) is 9.59 Å². The van der Waals surface area contributed by atoms with E-state index in [4.69, 9.17) is 9.26 Å². The van der Waals surface area contributed by atoms with Crippen molar-refractivity contribution in [3.05, 3.63) is 35.7 Å². The topological polar surface area (TPSA) is 93.5 Å². The van der Waals surface area contributed by atoms with Crippen molar-refractivity contribution in [1.82, 2.24) is 5.16 Å². The Labute approximate surface area is 146 Å². The molecule has 0 bridgehead atoms. The van der Waals surface area contributed by atoms with E-state index in [-0.39, 0.29) is 17.5 Å². The minimum Gasteiger partial charge on any atom is -0.497 e. The fourth-order valence-electron chi connectivity index (χ4n) is 2.11. The molecule has 1 heterocycles. The van der Waals surface area contributed by atoms with Gasteiger partial charge in [0.2, 0.25) is 5.91 Å². The van der Waals surface area contributed by atoms with Crippen molar-refractivity contribution in [3.63, 3.8) is 0 Å². The monoisotopic (exact) mass is 345 g/mol. The summed E-state index contributed by atoms with van der Waals surface area (Å²) in [4.78, 5) is 24.4. The van der Waals surface area contributed by atoms with Crippen LogP contribution < -0.4 is 15.4 Å². The van der Waals surface area contributed by atoms with Gasteiger partial charge in [-0.25, -0.2) is 0 Å². The highest BCUT2D eigenvalue weighted by molar-refractivity contribution is 6.06. The smallest absolute Gasteiger partial charge is 0.277 e. The van der Waals surface area contributed by atoms with E-state index in [1.807, 2.05) is 6.92 Å². The molecule has 0 fully saturated rings. The Hall–Kier alpha value is -2.83. The van der Waals surface area contributed by atoms with E-state index in [9.17, 15) is 9.59 Å². The summed E-state index contributed by atoms with van der Waals surface area (Å²) >= 11 is 0. The van der Waals surface area contributed by atoms with Crippen LogP contribution in [0, 0.1) is 5.92 Å². The lowest BCUT2D eigenvalue weighted by atomic mass is 10.2. The maximum Gasteiger partial charge on any atom is 0.277 e. The largest absolute Gasteiger partial charge is 0.497 e. The number of ether oxygens (including phenoxy) is 1. The molecule has 7 nitrogen and oxygen atoms in total. The number of carbonyl (C=O) groups is 2. The van der Waals surface area contributed by atoms with E-state index in [1.54, 1.807) is 38.1 Å². The zero-order chi connectivity index (χ0) is 18.4. The summed E-state index contributed by atoms with van der Waals surface area (Å²) < 4.78 is 10.3. The van der Waals surface area contributed by atoms with Crippen molar-refractivity contribution < 1.29 is 18.8 Å². The molecular formula is C18H23N3O4. The van der Waals surface area contributed by atoms with Crippen molar-refractivity contribution in [1.29, 1.82) is 0 Å². The van der Waals surface area contributed by atoms with Crippen LogP contribution in [0.1, 0.15) is 43.4 Å². The number of hydrogen-bond acceptors (Lipinski definition) is 5. The summed E-state index contributed by atoms with van der Waals surface area (Å²) in [6.07, 6.45) is 1.62. The molecule has 0 saturated heterocycles. The Morgan fingerprint density at radius 3 is 2.60 bits per heavy atom. The zero-order valence-corrected chi connectivity index (χ0v) is 14.9. The van der Waals surface area contributed by atoms with E-state index >= 15 is 0 Å². The van der Waals surface area contributed by atoms with E-state index in [1.165, 1.54) is 7.11 Å². The molecule has 25 heavy (non-hydrogen) atoms. The van der Waals surface area contributed by atoms with Gasteiger partial charge in [0, 0.05) is 24.5 Å². The molecule has 0 aliphatic rings. The number of carbonyl (C=O) groups excluding carboxylic acids is 2. The number of nitrogens with one attached hydrogen (secondary N) is 2. The molecule has 0 unspecified atom stereocenters. The number of hydrogen-bond donors (Lipinski definition) is 2. The second-order valence-corrected chi connectivity index (χ2v) is 5.94. The number of anilines is 2. The number of rotatable bonds is 7. The van der Waals surface area contributed by atoms with E-state index < -0.39 is 5.91 Å². The third-order valence-corrected chi connectivity index (χ3v) is 3.55. The first-order chi connectivity index (χ1) is 11.9. The Bertz CT molecular complexity index is 753. The molecular weight excluding hydrogens is 322 g/mol. The van der Waals surface area contributed by atoms with Gasteiger partial charge in [0.05, 0.1) is 18.5 Å². The van der Waals surface area contributed by atoms with Crippen LogP contribution in [-0.2, 0) is 11.2 Å². The first-order valence-electron chi connectivity index (χ1n) is 8.20. The van der Waals surface area contributed by atoms with Crippen LogP contribution in [0.4, 0.5) is 11.4 Å². The molecule has 1 aromatic carbocycles. The van der Waals surface area contributed by atoms with Crippen LogP contribution in [0.15, 0.2) is 28.8 Å². The number of methoxy groups -OCH3 is 1.